The molecule has 0 unspecified atom stereocenters. The summed E-state index contributed by atoms with van der Waals surface area (Å²) in [5, 5.41) is 7.15. The van der Waals surface area contributed by atoms with Crippen LogP contribution in [0.25, 0.3) is 0 Å². The van der Waals surface area contributed by atoms with E-state index >= 15 is 0 Å². The number of rotatable bonds is 6. The van der Waals surface area contributed by atoms with Gasteiger partial charge in [-0.3, -0.25) is 9.79 Å². The van der Waals surface area contributed by atoms with E-state index in [0.29, 0.717) is 18.4 Å². The zero-order chi connectivity index (χ0) is 14.3. The van der Waals surface area contributed by atoms with Crippen molar-refractivity contribution in [3.8, 4) is 0 Å². The second-order valence-corrected chi connectivity index (χ2v) is 6.48. The topological polar surface area (TPSA) is 53.5 Å². The lowest BCUT2D eigenvalue weighted by molar-refractivity contribution is -0.121. The van der Waals surface area contributed by atoms with Gasteiger partial charge in [0, 0.05) is 31.3 Å². The highest BCUT2D eigenvalue weighted by molar-refractivity contribution is 8.13. The summed E-state index contributed by atoms with van der Waals surface area (Å²) in [5.74, 6) is 1.23. The van der Waals surface area contributed by atoms with Crippen LogP contribution in [0.1, 0.15) is 47.0 Å². The Hall–Kier alpha value is -0.710. The van der Waals surface area contributed by atoms with Crippen LogP contribution in [0, 0.1) is 5.41 Å². The molecule has 0 aromatic rings. The van der Waals surface area contributed by atoms with Crippen molar-refractivity contribution in [2.24, 2.45) is 10.4 Å². The second kappa shape index (κ2) is 7.78. The Morgan fingerprint density at radius 1 is 1.42 bits per heavy atom. The van der Waals surface area contributed by atoms with Crippen molar-refractivity contribution in [3.63, 3.8) is 0 Å². The lowest BCUT2D eigenvalue weighted by Gasteiger charge is -2.33. The van der Waals surface area contributed by atoms with Gasteiger partial charge in [-0.25, -0.2) is 0 Å². The van der Waals surface area contributed by atoms with E-state index in [9.17, 15) is 4.79 Å². The minimum atomic E-state index is 0.0976. The van der Waals surface area contributed by atoms with Gasteiger partial charge in [0.05, 0.1) is 0 Å². The van der Waals surface area contributed by atoms with Gasteiger partial charge in [-0.2, -0.15) is 0 Å². The summed E-state index contributed by atoms with van der Waals surface area (Å²) in [6.07, 6.45) is 2.87. The third-order valence-corrected chi connectivity index (χ3v) is 4.95. The van der Waals surface area contributed by atoms with Crippen LogP contribution in [-0.4, -0.2) is 36.0 Å². The normalized spacial score (nSPS) is 18.1. The molecule has 0 radical (unpaired) electrons. The van der Waals surface area contributed by atoms with Crippen molar-refractivity contribution in [3.05, 3.63) is 0 Å². The molecule has 0 aromatic carbocycles. The molecule has 1 amide bonds. The van der Waals surface area contributed by atoms with E-state index in [2.05, 4.69) is 29.5 Å². The first-order valence-electron chi connectivity index (χ1n) is 7.22. The van der Waals surface area contributed by atoms with Crippen LogP contribution in [0.4, 0.5) is 0 Å². The lowest BCUT2D eigenvalue weighted by atomic mass is 9.84. The van der Waals surface area contributed by atoms with E-state index < -0.39 is 0 Å². The van der Waals surface area contributed by atoms with Gasteiger partial charge in [0.1, 0.15) is 0 Å². The summed E-state index contributed by atoms with van der Waals surface area (Å²) in [6.45, 7) is 10.0. The third kappa shape index (κ3) is 5.43. The van der Waals surface area contributed by atoms with Crippen LogP contribution < -0.4 is 10.6 Å². The monoisotopic (exact) mass is 285 g/mol. The van der Waals surface area contributed by atoms with Crippen molar-refractivity contribution >= 4 is 22.8 Å². The third-order valence-electron chi connectivity index (χ3n) is 3.65. The summed E-state index contributed by atoms with van der Waals surface area (Å²) in [5.41, 5.74) is 0.380. The average molecular weight is 285 g/mol. The van der Waals surface area contributed by atoms with Gasteiger partial charge in [0.25, 0.3) is 0 Å². The number of hydrogen-bond donors (Lipinski definition) is 2. The molecule has 0 atom stereocenters. The van der Waals surface area contributed by atoms with Gasteiger partial charge in [0.2, 0.25) is 5.91 Å². The molecule has 1 heterocycles. The SMILES string of the molecule is CCC1(CC)CN=C(NCCC(=O)NC(C)C)SC1. The first-order valence-corrected chi connectivity index (χ1v) is 8.20. The first kappa shape index (κ1) is 16.3. The zero-order valence-corrected chi connectivity index (χ0v) is 13.4. The molecule has 0 aromatic heterocycles. The van der Waals surface area contributed by atoms with E-state index in [1.807, 2.05) is 13.8 Å². The van der Waals surface area contributed by atoms with E-state index in [1.165, 1.54) is 12.8 Å². The quantitative estimate of drug-likeness (QED) is 0.788. The highest BCUT2D eigenvalue weighted by Crippen LogP contribution is 2.34. The number of amides is 1. The highest BCUT2D eigenvalue weighted by atomic mass is 32.2. The number of carbonyl (C=O) groups excluding carboxylic acids is 1. The second-order valence-electron chi connectivity index (χ2n) is 5.52. The number of hydrogen-bond acceptors (Lipinski definition) is 4. The summed E-state index contributed by atoms with van der Waals surface area (Å²) < 4.78 is 0. The van der Waals surface area contributed by atoms with Gasteiger partial charge in [0.15, 0.2) is 5.17 Å². The van der Waals surface area contributed by atoms with Crippen molar-refractivity contribution in [1.29, 1.82) is 0 Å². The van der Waals surface area contributed by atoms with E-state index in [1.54, 1.807) is 11.8 Å². The van der Waals surface area contributed by atoms with Crippen LogP contribution in [0.2, 0.25) is 0 Å². The molecule has 1 rings (SSSR count). The molecule has 5 heteroatoms. The smallest absolute Gasteiger partial charge is 0.221 e. The van der Waals surface area contributed by atoms with E-state index in [0.717, 1.165) is 17.5 Å². The Labute approximate surface area is 121 Å². The number of amidine groups is 1. The molecule has 0 saturated carbocycles. The molecular weight excluding hydrogens is 258 g/mol. The fourth-order valence-electron chi connectivity index (χ4n) is 2.01. The Morgan fingerprint density at radius 2 is 2.11 bits per heavy atom. The standard InChI is InChI=1S/C14H27N3OS/c1-5-14(6-2)9-16-13(19-10-14)15-8-7-12(18)17-11(3)4/h11H,5-10H2,1-4H3,(H,15,16)(H,17,18). The van der Waals surface area contributed by atoms with Gasteiger partial charge in [-0.15, -0.1) is 0 Å². The summed E-state index contributed by atoms with van der Waals surface area (Å²) in [7, 11) is 0. The number of thioether (sulfide) groups is 1. The van der Waals surface area contributed by atoms with Gasteiger partial charge < -0.3 is 10.6 Å². The molecule has 0 saturated heterocycles. The molecule has 4 nitrogen and oxygen atoms in total. The van der Waals surface area contributed by atoms with Crippen LogP contribution in [0.15, 0.2) is 4.99 Å². The first-order chi connectivity index (χ1) is 9.01. The Balaban J connectivity index is 2.28. The number of nitrogens with zero attached hydrogens (tertiary/aromatic N) is 1. The number of nitrogens with one attached hydrogen (secondary N) is 2. The molecule has 0 spiro atoms. The van der Waals surface area contributed by atoms with Crippen LogP contribution >= 0.6 is 11.8 Å². The predicted molar refractivity (Wildman–Crippen MR) is 83.7 cm³/mol. The largest absolute Gasteiger partial charge is 0.364 e. The molecule has 1 aliphatic heterocycles. The Bertz CT molecular complexity index is 325. The fourth-order valence-corrected chi connectivity index (χ4v) is 3.32. The fraction of sp³-hybridized carbons (Fsp3) is 0.857. The average Bonchev–Trinajstić information content (AvgIpc) is 2.39. The minimum absolute atomic E-state index is 0.0976. The van der Waals surface area contributed by atoms with Crippen molar-refractivity contribution in [1.82, 2.24) is 10.6 Å². The number of aliphatic imine (C=N–C) groups is 1. The van der Waals surface area contributed by atoms with Gasteiger partial charge in [-0.05, 0) is 32.1 Å². The zero-order valence-electron chi connectivity index (χ0n) is 12.6. The molecule has 110 valence electrons. The Kier molecular flexibility index (Phi) is 6.69. The van der Waals surface area contributed by atoms with E-state index in [4.69, 9.17) is 0 Å². The maximum Gasteiger partial charge on any atom is 0.221 e. The molecule has 0 bridgehead atoms. The Morgan fingerprint density at radius 3 is 2.58 bits per heavy atom. The molecule has 0 aliphatic carbocycles. The summed E-state index contributed by atoms with van der Waals surface area (Å²) >= 11 is 1.79. The van der Waals surface area contributed by atoms with Crippen LogP contribution in [0.5, 0.6) is 0 Å². The maximum atomic E-state index is 11.5. The molecule has 1 aliphatic rings. The number of carbonyl (C=O) groups is 1. The minimum Gasteiger partial charge on any atom is -0.364 e. The van der Waals surface area contributed by atoms with Crippen molar-refractivity contribution in [2.45, 2.75) is 53.0 Å². The maximum absolute atomic E-state index is 11.5. The van der Waals surface area contributed by atoms with Crippen molar-refractivity contribution in [2.75, 3.05) is 18.8 Å². The molecule has 2 N–H and O–H groups in total. The van der Waals surface area contributed by atoms with E-state index in [-0.39, 0.29) is 11.9 Å². The molecule has 19 heavy (non-hydrogen) atoms. The molecular formula is C14H27N3OS. The lowest BCUT2D eigenvalue weighted by Crippen LogP contribution is -2.37. The van der Waals surface area contributed by atoms with Crippen LogP contribution in [-0.2, 0) is 4.79 Å². The highest BCUT2D eigenvalue weighted by Gasteiger charge is 2.29. The summed E-state index contributed by atoms with van der Waals surface area (Å²) in [6, 6.07) is 0.212. The molecule has 0 fully saturated rings. The summed E-state index contributed by atoms with van der Waals surface area (Å²) in [4.78, 5) is 16.1. The predicted octanol–water partition coefficient (Wildman–Crippen LogP) is 2.40. The van der Waals surface area contributed by atoms with Crippen LogP contribution in [0.3, 0.4) is 0 Å². The van der Waals surface area contributed by atoms with Gasteiger partial charge in [-0.1, -0.05) is 25.6 Å². The van der Waals surface area contributed by atoms with Gasteiger partial charge >= 0.3 is 0 Å². The van der Waals surface area contributed by atoms with Crippen molar-refractivity contribution < 1.29 is 4.79 Å².